The Hall–Kier alpha value is -1.81. The van der Waals surface area contributed by atoms with E-state index in [0.29, 0.717) is 0 Å². The topological polar surface area (TPSA) is 24.8 Å². The van der Waals surface area contributed by atoms with E-state index in [0.717, 1.165) is 35.2 Å². The zero-order chi connectivity index (χ0) is 15.8. The van der Waals surface area contributed by atoms with Crippen molar-refractivity contribution < 1.29 is 4.74 Å². The second-order valence-corrected chi connectivity index (χ2v) is 6.97. The van der Waals surface area contributed by atoms with Gasteiger partial charge in [0.2, 0.25) is 0 Å². The molecule has 0 radical (unpaired) electrons. The number of hydrogen-bond acceptors (Lipinski definition) is 3. The van der Waals surface area contributed by atoms with Gasteiger partial charge in [0.25, 0.3) is 0 Å². The Labute approximate surface area is 145 Å². The van der Waals surface area contributed by atoms with Gasteiger partial charge in [-0.15, -0.1) is 0 Å². The van der Waals surface area contributed by atoms with Gasteiger partial charge in [-0.2, -0.15) is 5.10 Å². The lowest BCUT2D eigenvalue weighted by molar-refractivity contribution is -0.0223. The zero-order valence-electron chi connectivity index (χ0n) is 13.1. The molecule has 0 bridgehead atoms. The van der Waals surface area contributed by atoms with E-state index in [1.165, 1.54) is 11.1 Å². The summed E-state index contributed by atoms with van der Waals surface area (Å²) in [6.07, 6.45) is 3.02. The van der Waals surface area contributed by atoms with Crippen LogP contribution < -0.4 is 4.74 Å². The molecule has 4 rings (SSSR count). The van der Waals surface area contributed by atoms with E-state index >= 15 is 0 Å². The van der Waals surface area contributed by atoms with Gasteiger partial charge in [0.05, 0.1) is 11.8 Å². The Morgan fingerprint density at radius 3 is 2.83 bits per heavy atom. The fraction of sp³-hybridized carbons (Fsp3) is 0.316. The van der Waals surface area contributed by atoms with Crippen molar-refractivity contribution in [1.82, 2.24) is 5.01 Å². The largest absolute Gasteiger partial charge is 0.469 e. The molecule has 2 aliphatic heterocycles. The van der Waals surface area contributed by atoms with Crippen LogP contribution in [0.3, 0.4) is 0 Å². The van der Waals surface area contributed by atoms with Crippen molar-refractivity contribution in [3.05, 3.63) is 64.1 Å². The third-order valence-electron chi connectivity index (χ3n) is 4.47. The first-order valence-electron chi connectivity index (χ1n) is 8.13. The second-order valence-electron chi connectivity index (χ2n) is 6.06. The molecular weight excluding hydrogens is 352 g/mol. The lowest BCUT2D eigenvalue weighted by Crippen LogP contribution is -2.40. The summed E-state index contributed by atoms with van der Waals surface area (Å²) in [6, 6.07) is 17.0. The molecule has 118 valence electrons. The molecule has 0 fully saturated rings. The lowest BCUT2D eigenvalue weighted by Gasteiger charge is -2.38. The van der Waals surface area contributed by atoms with Crippen molar-refractivity contribution in [2.24, 2.45) is 5.10 Å². The summed E-state index contributed by atoms with van der Waals surface area (Å²) in [5.74, 6) is 0.998. The molecule has 2 aromatic carbocycles. The normalized spacial score (nSPS) is 22.2. The van der Waals surface area contributed by atoms with Crippen LogP contribution in [0.25, 0.3) is 0 Å². The third-order valence-corrected chi connectivity index (χ3v) is 4.97. The van der Waals surface area contributed by atoms with Crippen LogP contribution in [0.15, 0.2) is 58.1 Å². The fourth-order valence-corrected chi connectivity index (χ4v) is 3.75. The van der Waals surface area contributed by atoms with Crippen molar-refractivity contribution in [2.45, 2.75) is 38.5 Å². The van der Waals surface area contributed by atoms with Gasteiger partial charge in [0, 0.05) is 22.9 Å². The van der Waals surface area contributed by atoms with Crippen molar-refractivity contribution in [1.29, 1.82) is 0 Å². The standard InChI is InChI=1S/C19H19BrN2O/c1-2-6-19-22-17(15-11-14(20)9-10-18(15)23-19)12-16(21-22)13-7-4-3-5-8-13/h3-5,7-11,17,19H,2,6,12H2,1H3/t17-,19+/m1/s1. The summed E-state index contributed by atoms with van der Waals surface area (Å²) in [5.41, 5.74) is 3.57. The molecule has 0 N–H and O–H groups in total. The molecule has 2 atom stereocenters. The van der Waals surface area contributed by atoms with Gasteiger partial charge < -0.3 is 4.74 Å². The molecule has 0 saturated carbocycles. The molecule has 23 heavy (non-hydrogen) atoms. The number of benzene rings is 2. The van der Waals surface area contributed by atoms with Crippen molar-refractivity contribution in [3.63, 3.8) is 0 Å². The Bertz CT molecular complexity index is 744. The van der Waals surface area contributed by atoms with E-state index in [2.05, 4.69) is 64.3 Å². The van der Waals surface area contributed by atoms with E-state index < -0.39 is 0 Å². The third kappa shape index (κ3) is 2.65. The first kappa shape index (κ1) is 14.8. The highest BCUT2D eigenvalue weighted by Crippen LogP contribution is 2.44. The quantitative estimate of drug-likeness (QED) is 0.748. The Kier molecular flexibility index (Phi) is 3.85. The molecule has 2 aromatic rings. The number of fused-ring (bicyclic) bond motifs is 3. The highest BCUT2D eigenvalue weighted by Gasteiger charge is 2.39. The summed E-state index contributed by atoms with van der Waals surface area (Å²) >= 11 is 3.58. The number of hydrazone groups is 1. The predicted octanol–water partition coefficient (Wildman–Crippen LogP) is 5.12. The molecule has 3 nitrogen and oxygen atoms in total. The minimum Gasteiger partial charge on any atom is -0.469 e. The summed E-state index contributed by atoms with van der Waals surface area (Å²) < 4.78 is 7.31. The SMILES string of the molecule is CCC[C@@H]1Oc2ccc(Br)cc2[C@H]2CC(c3ccccc3)=NN12. The summed E-state index contributed by atoms with van der Waals surface area (Å²) in [4.78, 5) is 0. The lowest BCUT2D eigenvalue weighted by atomic mass is 9.96. The molecule has 2 aliphatic rings. The van der Waals surface area contributed by atoms with Crippen LogP contribution in [0.2, 0.25) is 0 Å². The maximum absolute atomic E-state index is 6.22. The van der Waals surface area contributed by atoms with Crippen LogP contribution in [0.1, 0.15) is 43.4 Å². The average molecular weight is 371 g/mol. The first-order chi connectivity index (χ1) is 11.3. The number of halogens is 1. The number of hydrogen-bond donors (Lipinski definition) is 0. The van der Waals surface area contributed by atoms with Gasteiger partial charge in [0.15, 0.2) is 6.23 Å². The highest BCUT2D eigenvalue weighted by molar-refractivity contribution is 9.10. The van der Waals surface area contributed by atoms with Crippen LogP contribution in [-0.2, 0) is 0 Å². The van der Waals surface area contributed by atoms with E-state index in [4.69, 9.17) is 9.84 Å². The van der Waals surface area contributed by atoms with Crippen molar-refractivity contribution in [2.75, 3.05) is 0 Å². The van der Waals surface area contributed by atoms with E-state index in [9.17, 15) is 0 Å². The highest BCUT2D eigenvalue weighted by atomic mass is 79.9. The smallest absolute Gasteiger partial charge is 0.187 e. The molecule has 0 spiro atoms. The summed E-state index contributed by atoms with van der Waals surface area (Å²) in [6.45, 7) is 2.19. The molecule has 4 heteroatoms. The second kappa shape index (κ2) is 6.00. The van der Waals surface area contributed by atoms with Gasteiger partial charge in [-0.1, -0.05) is 59.6 Å². The van der Waals surface area contributed by atoms with Gasteiger partial charge in [0.1, 0.15) is 5.75 Å². The van der Waals surface area contributed by atoms with Gasteiger partial charge in [-0.3, -0.25) is 5.01 Å². The Morgan fingerprint density at radius 1 is 1.22 bits per heavy atom. The Balaban J connectivity index is 1.74. The van der Waals surface area contributed by atoms with Gasteiger partial charge in [-0.05, 0) is 23.8 Å². The number of ether oxygens (including phenoxy) is 1. The molecular formula is C19H19BrN2O. The predicted molar refractivity (Wildman–Crippen MR) is 95.6 cm³/mol. The number of rotatable bonds is 3. The first-order valence-corrected chi connectivity index (χ1v) is 8.93. The van der Waals surface area contributed by atoms with Crippen molar-refractivity contribution in [3.8, 4) is 5.75 Å². The van der Waals surface area contributed by atoms with E-state index in [-0.39, 0.29) is 12.3 Å². The fourth-order valence-electron chi connectivity index (χ4n) is 3.38. The van der Waals surface area contributed by atoms with Crippen LogP contribution in [-0.4, -0.2) is 16.9 Å². The van der Waals surface area contributed by atoms with Crippen LogP contribution in [0.5, 0.6) is 5.75 Å². The van der Waals surface area contributed by atoms with E-state index in [1.807, 2.05) is 12.1 Å². The van der Waals surface area contributed by atoms with Gasteiger partial charge in [-0.25, -0.2) is 0 Å². The maximum atomic E-state index is 6.22. The summed E-state index contributed by atoms with van der Waals surface area (Å²) in [7, 11) is 0. The number of nitrogens with zero attached hydrogens (tertiary/aromatic N) is 2. The van der Waals surface area contributed by atoms with Crippen LogP contribution in [0, 0.1) is 0 Å². The molecule has 0 unspecified atom stereocenters. The zero-order valence-corrected chi connectivity index (χ0v) is 14.7. The summed E-state index contributed by atoms with van der Waals surface area (Å²) in [5, 5.41) is 7.09. The van der Waals surface area contributed by atoms with Gasteiger partial charge >= 0.3 is 0 Å². The van der Waals surface area contributed by atoms with Crippen molar-refractivity contribution >= 4 is 21.6 Å². The monoisotopic (exact) mass is 370 g/mol. The van der Waals surface area contributed by atoms with Crippen LogP contribution in [0.4, 0.5) is 0 Å². The molecule has 0 aromatic heterocycles. The molecule has 0 aliphatic carbocycles. The Morgan fingerprint density at radius 2 is 2.04 bits per heavy atom. The average Bonchev–Trinajstić information content (AvgIpc) is 3.02. The molecule has 0 saturated heterocycles. The van der Waals surface area contributed by atoms with Crippen LogP contribution >= 0.6 is 15.9 Å². The minimum absolute atomic E-state index is 0.0277. The van der Waals surface area contributed by atoms with E-state index in [1.54, 1.807) is 0 Å². The maximum Gasteiger partial charge on any atom is 0.187 e. The molecule has 2 heterocycles. The minimum atomic E-state index is 0.0277. The molecule has 0 amide bonds.